The van der Waals surface area contributed by atoms with Crippen LogP contribution in [0.3, 0.4) is 0 Å². The van der Waals surface area contributed by atoms with Crippen LogP contribution in [0.2, 0.25) is 0 Å². The number of benzene rings is 1. The van der Waals surface area contributed by atoms with Gasteiger partial charge in [0.05, 0.1) is 11.4 Å². The van der Waals surface area contributed by atoms with Gasteiger partial charge in [-0.05, 0) is 37.3 Å². The number of nitrogens with one attached hydrogen (secondary N) is 1. The fourth-order valence-corrected chi connectivity index (χ4v) is 3.07. The fourth-order valence-electron chi connectivity index (χ4n) is 3.07. The average molecular weight is 230 g/mol. The number of fused-ring (bicyclic) bond motifs is 1. The van der Waals surface area contributed by atoms with Crippen molar-refractivity contribution in [2.45, 2.75) is 38.5 Å². The lowest BCUT2D eigenvalue weighted by molar-refractivity contribution is 0.726. The molecule has 0 unspecified atom stereocenters. The van der Waals surface area contributed by atoms with Crippen molar-refractivity contribution in [2.75, 3.05) is 29.9 Å². The molecule has 2 heteroatoms. The summed E-state index contributed by atoms with van der Waals surface area (Å²) in [5, 5.41) is 3.61. The third-order valence-corrected chi connectivity index (χ3v) is 4.00. The molecule has 2 aliphatic heterocycles. The van der Waals surface area contributed by atoms with Gasteiger partial charge in [-0.15, -0.1) is 0 Å². The predicted octanol–water partition coefficient (Wildman–Crippen LogP) is 3.43. The molecule has 0 bridgehead atoms. The van der Waals surface area contributed by atoms with E-state index in [0.717, 1.165) is 6.54 Å². The molecule has 1 aromatic carbocycles. The van der Waals surface area contributed by atoms with Crippen LogP contribution in [-0.4, -0.2) is 19.6 Å². The molecule has 0 spiro atoms. The SMILES string of the molecule is c1cc2c(c(N3CCCCCC3)c1)NCCC2. The number of para-hydroxylation sites is 1. The number of hydrogen-bond acceptors (Lipinski definition) is 2. The molecule has 1 fully saturated rings. The minimum atomic E-state index is 1.14. The number of aryl methyl sites for hydroxylation is 1. The van der Waals surface area contributed by atoms with Gasteiger partial charge in [-0.3, -0.25) is 0 Å². The Morgan fingerprint density at radius 1 is 0.941 bits per heavy atom. The van der Waals surface area contributed by atoms with Gasteiger partial charge < -0.3 is 10.2 Å². The van der Waals surface area contributed by atoms with Crippen LogP contribution in [0.1, 0.15) is 37.7 Å². The lowest BCUT2D eigenvalue weighted by Crippen LogP contribution is -2.26. The van der Waals surface area contributed by atoms with E-state index < -0.39 is 0 Å². The standard InChI is InChI=1S/C15H22N2/c1-2-4-12-17(11-3-1)14-9-5-7-13-8-6-10-16-15(13)14/h5,7,9,16H,1-4,6,8,10-12H2. The molecule has 0 amide bonds. The first-order valence-electron chi connectivity index (χ1n) is 7.06. The third kappa shape index (κ3) is 2.26. The minimum absolute atomic E-state index is 1.14. The molecule has 1 aromatic rings. The highest BCUT2D eigenvalue weighted by Gasteiger charge is 2.17. The van der Waals surface area contributed by atoms with Crippen LogP contribution in [0.5, 0.6) is 0 Å². The first kappa shape index (κ1) is 10.9. The summed E-state index contributed by atoms with van der Waals surface area (Å²) in [6.07, 6.45) is 8.02. The molecule has 92 valence electrons. The molecule has 3 rings (SSSR count). The van der Waals surface area contributed by atoms with E-state index in [-0.39, 0.29) is 0 Å². The second-order valence-corrected chi connectivity index (χ2v) is 5.24. The van der Waals surface area contributed by atoms with E-state index in [1.807, 2.05) is 0 Å². The summed E-state index contributed by atoms with van der Waals surface area (Å²) in [6, 6.07) is 6.80. The highest BCUT2D eigenvalue weighted by molar-refractivity contribution is 5.74. The zero-order valence-electron chi connectivity index (χ0n) is 10.5. The zero-order valence-corrected chi connectivity index (χ0v) is 10.5. The first-order chi connectivity index (χ1) is 8.45. The van der Waals surface area contributed by atoms with Crippen LogP contribution in [0.15, 0.2) is 18.2 Å². The van der Waals surface area contributed by atoms with E-state index in [4.69, 9.17) is 0 Å². The molecular weight excluding hydrogens is 208 g/mol. The number of hydrogen-bond donors (Lipinski definition) is 1. The third-order valence-electron chi connectivity index (χ3n) is 4.00. The monoisotopic (exact) mass is 230 g/mol. The molecule has 17 heavy (non-hydrogen) atoms. The molecule has 0 saturated carbocycles. The van der Waals surface area contributed by atoms with Crippen LogP contribution < -0.4 is 10.2 Å². The molecule has 2 heterocycles. The minimum Gasteiger partial charge on any atom is -0.383 e. The van der Waals surface area contributed by atoms with Crippen molar-refractivity contribution < 1.29 is 0 Å². The van der Waals surface area contributed by atoms with E-state index in [0.29, 0.717) is 0 Å². The zero-order chi connectivity index (χ0) is 11.5. The average Bonchev–Trinajstić information content (AvgIpc) is 2.67. The molecule has 0 aromatic heterocycles. The van der Waals surface area contributed by atoms with Crippen molar-refractivity contribution >= 4 is 11.4 Å². The Balaban J connectivity index is 1.90. The second-order valence-electron chi connectivity index (χ2n) is 5.24. The maximum atomic E-state index is 3.61. The summed E-state index contributed by atoms with van der Waals surface area (Å²) in [6.45, 7) is 3.61. The van der Waals surface area contributed by atoms with Gasteiger partial charge >= 0.3 is 0 Å². The van der Waals surface area contributed by atoms with Gasteiger partial charge in [0, 0.05) is 19.6 Å². The molecule has 1 saturated heterocycles. The molecule has 1 N–H and O–H groups in total. The quantitative estimate of drug-likeness (QED) is 0.795. The Morgan fingerprint density at radius 2 is 1.76 bits per heavy atom. The Hall–Kier alpha value is -1.18. The van der Waals surface area contributed by atoms with E-state index >= 15 is 0 Å². The Labute approximate surface area is 104 Å². The van der Waals surface area contributed by atoms with E-state index in [1.165, 1.54) is 68.6 Å². The van der Waals surface area contributed by atoms with Crippen molar-refractivity contribution in [3.8, 4) is 0 Å². The lowest BCUT2D eigenvalue weighted by atomic mass is 10.0. The maximum absolute atomic E-state index is 3.61. The first-order valence-corrected chi connectivity index (χ1v) is 7.06. The molecule has 0 atom stereocenters. The van der Waals surface area contributed by atoms with Crippen LogP contribution in [0.4, 0.5) is 11.4 Å². The van der Waals surface area contributed by atoms with Crippen molar-refractivity contribution in [2.24, 2.45) is 0 Å². The van der Waals surface area contributed by atoms with Crippen molar-refractivity contribution in [3.63, 3.8) is 0 Å². The summed E-state index contributed by atoms with van der Waals surface area (Å²) in [5.41, 5.74) is 4.38. The van der Waals surface area contributed by atoms with Gasteiger partial charge in [0.2, 0.25) is 0 Å². The van der Waals surface area contributed by atoms with E-state index in [1.54, 1.807) is 0 Å². The Morgan fingerprint density at radius 3 is 2.59 bits per heavy atom. The normalized spacial score (nSPS) is 20.4. The van der Waals surface area contributed by atoms with Crippen LogP contribution >= 0.6 is 0 Å². The number of anilines is 2. The smallest absolute Gasteiger partial charge is 0.0610 e. The topological polar surface area (TPSA) is 15.3 Å². The van der Waals surface area contributed by atoms with Gasteiger partial charge in [-0.1, -0.05) is 25.0 Å². The largest absolute Gasteiger partial charge is 0.383 e. The van der Waals surface area contributed by atoms with Crippen LogP contribution in [0, 0.1) is 0 Å². The Bertz CT molecular complexity index is 379. The van der Waals surface area contributed by atoms with Crippen LogP contribution in [0.25, 0.3) is 0 Å². The van der Waals surface area contributed by atoms with Crippen molar-refractivity contribution in [3.05, 3.63) is 23.8 Å². The van der Waals surface area contributed by atoms with Gasteiger partial charge in [-0.25, -0.2) is 0 Å². The number of nitrogens with zero attached hydrogens (tertiary/aromatic N) is 1. The van der Waals surface area contributed by atoms with Crippen molar-refractivity contribution in [1.29, 1.82) is 0 Å². The predicted molar refractivity (Wildman–Crippen MR) is 73.9 cm³/mol. The second kappa shape index (κ2) is 4.99. The van der Waals surface area contributed by atoms with Gasteiger partial charge in [-0.2, -0.15) is 0 Å². The summed E-state index contributed by atoms with van der Waals surface area (Å²) in [4.78, 5) is 2.59. The van der Waals surface area contributed by atoms with Gasteiger partial charge in [0.15, 0.2) is 0 Å². The summed E-state index contributed by atoms with van der Waals surface area (Å²) in [5.74, 6) is 0. The highest BCUT2D eigenvalue weighted by Crippen LogP contribution is 2.33. The fraction of sp³-hybridized carbons (Fsp3) is 0.600. The van der Waals surface area contributed by atoms with Crippen LogP contribution in [-0.2, 0) is 6.42 Å². The lowest BCUT2D eigenvalue weighted by Gasteiger charge is -2.29. The van der Waals surface area contributed by atoms with Gasteiger partial charge in [0.25, 0.3) is 0 Å². The van der Waals surface area contributed by atoms with E-state index in [9.17, 15) is 0 Å². The molecule has 0 radical (unpaired) electrons. The molecular formula is C15H22N2. The highest BCUT2D eigenvalue weighted by atomic mass is 15.1. The van der Waals surface area contributed by atoms with Crippen molar-refractivity contribution in [1.82, 2.24) is 0 Å². The van der Waals surface area contributed by atoms with E-state index in [2.05, 4.69) is 28.4 Å². The number of rotatable bonds is 1. The summed E-state index contributed by atoms with van der Waals surface area (Å²) >= 11 is 0. The summed E-state index contributed by atoms with van der Waals surface area (Å²) in [7, 11) is 0. The molecule has 2 aliphatic rings. The molecule has 0 aliphatic carbocycles. The Kier molecular flexibility index (Phi) is 3.21. The summed E-state index contributed by atoms with van der Waals surface area (Å²) < 4.78 is 0. The molecule has 2 nitrogen and oxygen atoms in total. The maximum Gasteiger partial charge on any atom is 0.0610 e. The van der Waals surface area contributed by atoms with Gasteiger partial charge in [0.1, 0.15) is 0 Å².